The lowest BCUT2D eigenvalue weighted by atomic mass is 9.89. The molecule has 0 bridgehead atoms. The largest absolute Gasteiger partial charge is 0.464 e. The first-order chi connectivity index (χ1) is 9.38. The van der Waals surface area contributed by atoms with E-state index < -0.39 is 42.0 Å². The van der Waals surface area contributed by atoms with Gasteiger partial charge in [-0.3, -0.25) is 4.79 Å². The molecule has 0 aromatic rings. The molecule has 0 heterocycles. The van der Waals surface area contributed by atoms with Crippen molar-refractivity contribution >= 4 is 11.8 Å². The van der Waals surface area contributed by atoms with Crippen LogP contribution in [0.5, 0.6) is 0 Å². The third-order valence-corrected chi connectivity index (χ3v) is 2.54. The van der Waals surface area contributed by atoms with Crippen LogP contribution in [0.1, 0.15) is 34.1 Å². The van der Waals surface area contributed by atoms with Crippen molar-refractivity contribution in [1.82, 2.24) is 10.8 Å². The maximum atomic E-state index is 12.6. The lowest BCUT2D eigenvalue weighted by Crippen LogP contribution is -2.62. The smallest absolute Gasteiger partial charge is 0.392 e. The highest BCUT2D eigenvalue weighted by Gasteiger charge is 2.54. The zero-order valence-corrected chi connectivity index (χ0v) is 12.4. The number of nitrogens with one attached hydrogen (secondary N) is 2. The molecule has 0 aliphatic heterocycles. The number of esters is 1. The molecule has 0 fully saturated rings. The van der Waals surface area contributed by atoms with Crippen LogP contribution in [0.25, 0.3) is 0 Å². The number of hydrogen-bond acceptors (Lipinski definition) is 6. The summed E-state index contributed by atoms with van der Waals surface area (Å²) in [5, 5.41) is 11.7. The minimum atomic E-state index is -4.85. The average Bonchev–Trinajstić information content (AvgIpc) is 2.31. The van der Waals surface area contributed by atoms with Crippen LogP contribution >= 0.6 is 0 Å². The normalized spacial score (nSPS) is 15.4. The molecule has 3 N–H and O–H groups in total. The van der Waals surface area contributed by atoms with Gasteiger partial charge in [0.25, 0.3) is 0 Å². The first kappa shape index (κ1) is 19.8. The molecule has 0 saturated carbocycles. The molecule has 0 saturated heterocycles. The average molecular weight is 314 g/mol. The van der Waals surface area contributed by atoms with Crippen LogP contribution in [-0.2, 0) is 14.3 Å². The second kappa shape index (κ2) is 7.19. The van der Waals surface area contributed by atoms with Gasteiger partial charge >= 0.3 is 12.1 Å². The summed E-state index contributed by atoms with van der Waals surface area (Å²) in [6.07, 6.45) is -6.71. The van der Waals surface area contributed by atoms with Crippen LogP contribution in [0, 0.1) is 0 Å². The lowest BCUT2D eigenvalue weighted by Gasteiger charge is -2.30. The van der Waals surface area contributed by atoms with Gasteiger partial charge in [-0.2, -0.15) is 18.7 Å². The van der Waals surface area contributed by atoms with E-state index in [1.54, 1.807) is 20.8 Å². The van der Waals surface area contributed by atoms with E-state index in [9.17, 15) is 22.8 Å². The number of rotatable bonds is 7. The van der Waals surface area contributed by atoms with Crippen LogP contribution in [-0.4, -0.2) is 47.4 Å². The van der Waals surface area contributed by atoms with Gasteiger partial charge in [0.15, 0.2) is 5.78 Å². The molecular formula is C12H21F3N2O4. The number of Topliss-reactive ketones (excluding diaryl/α,β-unsaturated/α-hetero) is 1. The molecule has 0 amide bonds. The Bertz CT molecular complexity index is 380. The fourth-order valence-corrected chi connectivity index (χ4v) is 1.48. The standard InChI is InChI=1S/C12H21F3N2O4/c1-5-21-9(19)11(17-20,7-12(13,14)15)8(18)6-16-10(2,3)4/h16-17,20H,5-7H2,1-4H3. The van der Waals surface area contributed by atoms with Crippen molar-refractivity contribution in [2.24, 2.45) is 0 Å². The zero-order valence-electron chi connectivity index (χ0n) is 12.4. The third kappa shape index (κ3) is 6.40. The fraction of sp³-hybridized carbons (Fsp3) is 0.833. The molecule has 0 aromatic carbocycles. The van der Waals surface area contributed by atoms with Gasteiger partial charge in [-0.05, 0) is 27.7 Å². The first-order valence-electron chi connectivity index (χ1n) is 6.31. The predicted octanol–water partition coefficient (Wildman–Crippen LogP) is 1.18. The number of alkyl halides is 3. The maximum absolute atomic E-state index is 12.6. The highest BCUT2D eigenvalue weighted by molar-refractivity contribution is 6.09. The SMILES string of the molecule is CCOC(=O)C(CC(F)(F)F)(NO)C(=O)CNC(C)(C)C. The fourth-order valence-electron chi connectivity index (χ4n) is 1.48. The van der Waals surface area contributed by atoms with Crippen LogP contribution in [0.15, 0.2) is 0 Å². The van der Waals surface area contributed by atoms with Crippen molar-refractivity contribution in [2.45, 2.75) is 51.4 Å². The van der Waals surface area contributed by atoms with Crippen LogP contribution in [0.3, 0.4) is 0 Å². The number of ether oxygens (including phenoxy) is 1. The summed E-state index contributed by atoms with van der Waals surface area (Å²) in [4.78, 5) is 23.8. The number of halogens is 3. The van der Waals surface area contributed by atoms with Gasteiger partial charge in [0, 0.05) is 5.54 Å². The van der Waals surface area contributed by atoms with E-state index in [2.05, 4.69) is 10.1 Å². The first-order valence-corrected chi connectivity index (χ1v) is 6.31. The Morgan fingerprint density at radius 3 is 2.05 bits per heavy atom. The second-order valence-corrected chi connectivity index (χ2v) is 5.56. The van der Waals surface area contributed by atoms with E-state index in [1.165, 1.54) is 12.4 Å². The molecule has 124 valence electrons. The molecule has 0 aromatic heterocycles. The van der Waals surface area contributed by atoms with Gasteiger partial charge in [0.2, 0.25) is 5.54 Å². The Morgan fingerprint density at radius 1 is 1.19 bits per heavy atom. The molecule has 0 radical (unpaired) electrons. The summed E-state index contributed by atoms with van der Waals surface area (Å²) >= 11 is 0. The van der Waals surface area contributed by atoms with Crippen molar-refractivity contribution < 1.29 is 32.7 Å². The van der Waals surface area contributed by atoms with Crippen molar-refractivity contribution in [3.8, 4) is 0 Å². The Balaban J connectivity index is 5.36. The lowest BCUT2D eigenvalue weighted by molar-refractivity contribution is -0.186. The monoisotopic (exact) mass is 314 g/mol. The van der Waals surface area contributed by atoms with Crippen molar-refractivity contribution in [2.75, 3.05) is 13.2 Å². The molecule has 0 spiro atoms. The topological polar surface area (TPSA) is 87.7 Å². The van der Waals surface area contributed by atoms with Gasteiger partial charge in [0.1, 0.15) is 0 Å². The molecular weight excluding hydrogens is 293 g/mol. The Kier molecular flexibility index (Phi) is 6.78. The highest BCUT2D eigenvalue weighted by atomic mass is 19.4. The van der Waals surface area contributed by atoms with Crippen molar-refractivity contribution in [3.63, 3.8) is 0 Å². The van der Waals surface area contributed by atoms with Gasteiger partial charge < -0.3 is 15.3 Å². The number of hydrogen-bond donors (Lipinski definition) is 3. The molecule has 6 nitrogen and oxygen atoms in total. The van der Waals surface area contributed by atoms with Crippen LogP contribution in [0.2, 0.25) is 0 Å². The minimum Gasteiger partial charge on any atom is -0.464 e. The van der Waals surface area contributed by atoms with Gasteiger partial charge in [0.05, 0.1) is 19.6 Å². The summed E-state index contributed by atoms with van der Waals surface area (Å²) in [7, 11) is 0. The maximum Gasteiger partial charge on any atom is 0.392 e. The molecule has 0 aliphatic carbocycles. The Labute approximate surface area is 121 Å². The number of carbonyl (C=O) groups excluding carboxylic acids is 2. The van der Waals surface area contributed by atoms with E-state index in [-0.39, 0.29) is 6.61 Å². The molecule has 0 aliphatic rings. The van der Waals surface area contributed by atoms with Crippen LogP contribution < -0.4 is 10.8 Å². The number of hydroxylamine groups is 1. The van der Waals surface area contributed by atoms with Gasteiger partial charge in [-0.15, -0.1) is 0 Å². The Hall–Kier alpha value is -1.19. The summed E-state index contributed by atoms with van der Waals surface area (Å²) in [5.41, 5.74) is -2.21. The van der Waals surface area contributed by atoms with Gasteiger partial charge in [-0.1, -0.05) is 0 Å². The zero-order chi connectivity index (χ0) is 16.9. The minimum absolute atomic E-state index is 0.222. The highest BCUT2D eigenvalue weighted by Crippen LogP contribution is 2.29. The van der Waals surface area contributed by atoms with Crippen molar-refractivity contribution in [3.05, 3.63) is 0 Å². The summed E-state index contributed by atoms with van der Waals surface area (Å²) in [6.45, 7) is 5.71. The molecule has 0 rings (SSSR count). The van der Waals surface area contributed by atoms with E-state index in [0.29, 0.717) is 0 Å². The summed E-state index contributed by atoms with van der Waals surface area (Å²) in [5.74, 6) is -2.62. The van der Waals surface area contributed by atoms with E-state index in [0.717, 1.165) is 0 Å². The summed E-state index contributed by atoms with van der Waals surface area (Å²) in [6, 6.07) is 0. The molecule has 9 heteroatoms. The molecule has 1 atom stereocenters. The Morgan fingerprint density at radius 2 is 1.71 bits per heavy atom. The molecule has 1 unspecified atom stereocenters. The quantitative estimate of drug-likeness (QED) is 0.371. The van der Waals surface area contributed by atoms with Gasteiger partial charge in [-0.25, -0.2) is 4.79 Å². The third-order valence-electron chi connectivity index (χ3n) is 2.54. The van der Waals surface area contributed by atoms with E-state index in [4.69, 9.17) is 5.21 Å². The van der Waals surface area contributed by atoms with E-state index in [1.807, 2.05) is 0 Å². The second-order valence-electron chi connectivity index (χ2n) is 5.56. The van der Waals surface area contributed by atoms with Crippen molar-refractivity contribution in [1.29, 1.82) is 0 Å². The van der Waals surface area contributed by atoms with Crippen LogP contribution in [0.4, 0.5) is 13.2 Å². The predicted molar refractivity (Wildman–Crippen MR) is 67.7 cm³/mol. The number of ketones is 1. The number of carbonyl (C=O) groups is 2. The molecule has 21 heavy (non-hydrogen) atoms. The van der Waals surface area contributed by atoms with E-state index >= 15 is 0 Å². The summed E-state index contributed by atoms with van der Waals surface area (Å²) < 4.78 is 42.4.